The summed E-state index contributed by atoms with van der Waals surface area (Å²) in [6.07, 6.45) is -5.69. The van der Waals surface area contributed by atoms with Crippen molar-refractivity contribution in [2.45, 2.75) is 35.4 Å². The zero-order chi connectivity index (χ0) is 18.6. The molecule has 0 aliphatic carbocycles. The lowest BCUT2D eigenvalue weighted by Gasteiger charge is -2.37. The maximum atomic E-state index is 12.7. The van der Waals surface area contributed by atoms with Gasteiger partial charge in [-0.2, -0.15) is 52.3 Å². The van der Waals surface area contributed by atoms with Crippen LogP contribution in [0.5, 0.6) is 0 Å². The van der Waals surface area contributed by atoms with E-state index in [2.05, 4.69) is 0 Å². The number of hydrogen-bond donors (Lipinski definition) is 1. The third-order valence-electron chi connectivity index (χ3n) is 2.17. The fraction of sp³-hybridized carbons (Fsp3) is 1.00. The van der Waals surface area contributed by atoms with E-state index in [9.17, 15) is 61.1 Å². The zero-order valence-corrected chi connectivity index (χ0v) is 10.1. The highest BCUT2D eigenvalue weighted by atomic mass is 32.2. The summed E-state index contributed by atoms with van der Waals surface area (Å²) in [5.74, 6) is -30.9. The molecule has 0 atom stereocenters. The van der Waals surface area contributed by atoms with E-state index in [0.717, 1.165) is 0 Å². The molecule has 0 amide bonds. The van der Waals surface area contributed by atoms with Gasteiger partial charge in [0.05, 0.1) is 0 Å². The molecule has 0 radical (unpaired) electrons. The van der Waals surface area contributed by atoms with Crippen LogP contribution in [0.25, 0.3) is 0 Å². The predicted octanol–water partition coefficient (Wildman–Crippen LogP) is 3.27. The minimum absolute atomic E-state index is 5.69. The Kier molecular flexibility index (Phi) is 4.82. The largest absolute Gasteiger partial charge is 0.438 e. The first-order valence-electron chi connectivity index (χ1n) is 4.33. The third-order valence-corrected chi connectivity index (χ3v) is 3.08. The molecule has 1 N–H and O–H groups in total. The van der Waals surface area contributed by atoms with Crippen molar-refractivity contribution >= 4 is 10.1 Å². The summed E-state index contributed by atoms with van der Waals surface area (Å²) in [6, 6.07) is 0. The normalized spacial score (nSPS) is 16.3. The monoisotopic (exact) mass is 382 g/mol. The molecule has 0 saturated heterocycles. The molecule has 0 spiro atoms. The quantitative estimate of drug-likeness (QED) is 0.567. The van der Waals surface area contributed by atoms with E-state index in [1.165, 1.54) is 0 Å². The van der Waals surface area contributed by atoms with Crippen LogP contribution >= 0.6 is 0 Å². The number of halogens is 12. The van der Waals surface area contributed by atoms with Gasteiger partial charge in [0, 0.05) is 0 Å². The molecule has 22 heavy (non-hydrogen) atoms. The van der Waals surface area contributed by atoms with Crippen LogP contribution in [-0.2, 0) is 10.1 Å². The highest BCUT2D eigenvalue weighted by Gasteiger charge is 2.90. The van der Waals surface area contributed by atoms with E-state index in [4.69, 9.17) is 4.55 Å². The summed E-state index contributed by atoms with van der Waals surface area (Å²) < 4.78 is 176. The fourth-order valence-corrected chi connectivity index (χ4v) is 1.34. The van der Waals surface area contributed by atoms with E-state index in [1.807, 2.05) is 0 Å². The van der Waals surface area contributed by atoms with Gasteiger partial charge in [-0.05, 0) is 0 Å². The van der Waals surface area contributed by atoms with Crippen LogP contribution in [0.2, 0.25) is 0 Å². The maximum Gasteiger partial charge on any atom is 0.438 e. The Morgan fingerprint density at radius 3 is 1.23 bits per heavy atom. The second kappa shape index (κ2) is 5.04. The van der Waals surface area contributed by atoms with E-state index in [0.29, 0.717) is 0 Å². The molecule has 0 rings (SSSR count). The summed E-state index contributed by atoms with van der Waals surface area (Å²) in [6.45, 7) is 0. The Hall–Kier alpha value is -0.930. The topological polar surface area (TPSA) is 54.4 Å². The van der Waals surface area contributed by atoms with Crippen molar-refractivity contribution < 1.29 is 65.7 Å². The number of alkyl halides is 12. The molecule has 0 aromatic heterocycles. The van der Waals surface area contributed by atoms with Crippen LogP contribution in [0, 0.1) is 0 Å². The lowest BCUT2D eigenvalue weighted by Crippen LogP contribution is -2.69. The lowest BCUT2D eigenvalue weighted by atomic mass is 9.99. The predicted molar refractivity (Wildman–Crippen MR) is 42.3 cm³/mol. The highest BCUT2D eigenvalue weighted by molar-refractivity contribution is 7.87. The van der Waals surface area contributed by atoms with Gasteiger partial charge in [-0.1, -0.05) is 0 Å². The molecule has 0 aromatic rings. The first-order valence-corrected chi connectivity index (χ1v) is 5.78. The smallest absolute Gasteiger partial charge is 0.281 e. The number of rotatable bonds is 6. The van der Waals surface area contributed by atoms with Gasteiger partial charge in [0.2, 0.25) is 0 Å². The van der Waals surface area contributed by atoms with Gasteiger partial charge in [-0.25, -0.2) is 8.78 Å². The molecule has 0 aliphatic heterocycles. The third kappa shape index (κ3) is 2.48. The van der Waals surface area contributed by atoms with Crippen LogP contribution in [0.1, 0.15) is 0 Å². The molecule has 3 nitrogen and oxygen atoms in total. The van der Waals surface area contributed by atoms with E-state index >= 15 is 0 Å². The molecule has 134 valence electrons. The molecule has 0 aromatic carbocycles. The molecular formula is C6H2F12O3S. The Morgan fingerprint density at radius 1 is 0.682 bits per heavy atom. The summed E-state index contributed by atoms with van der Waals surface area (Å²) in [5, 5.41) is -7.38. The second-order valence-electron chi connectivity index (χ2n) is 3.64. The fourth-order valence-electron chi connectivity index (χ4n) is 0.888. The SMILES string of the molecule is O=S(=O)(O)C(F)(F)C(F)(F)C(F)(F)C(F)(F)C(F)(F)C(F)F. The molecule has 0 fully saturated rings. The van der Waals surface area contributed by atoms with Crippen molar-refractivity contribution in [3.63, 3.8) is 0 Å². The van der Waals surface area contributed by atoms with Crippen LogP contribution in [0.3, 0.4) is 0 Å². The van der Waals surface area contributed by atoms with E-state index in [1.54, 1.807) is 0 Å². The first kappa shape index (κ1) is 21.1. The van der Waals surface area contributed by atoms with Gasteiger partial charge in [0.1, 0.15) is 0 Å². The average molecular weight is 382 g/mol. The van der Waals surface area contributed by atoms with Crippen molar-refractivity contribution in [2.75, 3.05) is 0 Å². The Morgan fingerprint density at radius 2 is 1.00 bits per heavy atom. The van der Waals surface area contributed by atoms with Crippen LogP contribution in [-0.4, -0.2) is 48.3 Å². The maximum absolute atomic E-state index is 12.7. The van der Waals surface area contributed by atoms with Gasteiger partial charge in [-0.3, -0.25) is 4.55 Å². The average Bonchev–Trinajstić information content (AvgIpc) is 2.25. The Labute approximate surface area is 112 Å². The Balaban J connectivity index is 6.36. The van der Waals surface area contributed by atoms with E-state index < -0.39 is 45.5 Å². The van der Waals surface area contributed by atoms with Crippen LogP contribution in [0.4, 0.5) is 52.7 Å². The van der Waals surface area contributed by atoms with Crippen LogP contribution in [0.15, 0.2) is 0 Å². The van der Waals surface area contributed by atoms with Gasteiger partial charge in [0.15, 0.2) is 0 Å². The standard InChI is InChI=1S/C6H2F12O3S/c7-1(8)2(9,10)3(11,12)4(13,14)5(15,16)6(17,18)22(19,20)21/h1H,(H,19,20,21). The van der Waals surface area contributed by atoms with Gasteiger partial charge in [0.25, 0.3) is 0 Å². The molecule has 0 heterocycles. The van der Waals surface area contributed by atoms with Gasteiger partial charge in [-0.15, -0.1) is 0 Å². The van der Waals surface area contributed by atoms with Gasteiger partial charge < -0.3 is 0 Å². The Bertz CT molecular complexity index is 523. The molecule has 0 unspecified atom stereocenters. The second-order valence-corrected chi connectivity index (χ2v) is 5.10. The van der Waals surface area contributed by atoms with Gasteiger partial charge >= 0.3 is 45.5 Å². The van der Waals surface area contributed by atoms with Crippen molar-refractivity contribution in [1.29, 1.82) is 0 Å². The molecule has 0 bridgehead atoms. The van der Waals surface area contributed by atoms with Crippen molar-refractivity contribution in [2.24, 2.45) is 0 Å². The lowest BCUT2D eigenvalue weighted by molar-refractivity contribution is -0.402. The van der Waals surface area contributed by atoms with E-state index in [-0.39, 0.29) is 0 Å². The summed E-state index contributed by atoms with van der Waals surface area (Å²) in [7, 11) is -7.50. The highest BCUT2D eigenvalue weighted by Crippen LogP contribution is 2.58. The molecular weight excluding hydrogens is 380 g/mol. The van der Waals surface area contributed by atoms with Crippen molar-refractivity contribution in [3.8, 4) is 0 Å². The minimum atomic E-state index is -7.99. The molecule has 0 aliphatic rings. The van der Waals surface area contributed by atoms with Crippen molar-refractivity contribution in [3.05, 3.63) is 0 Å². The van der Waals surface area contributed by atoms with Crippen LogP contribution < -0.4 is 0 Å². The summed E-state index contributed by atoms with van der Waals surface area (Å²) >= 11 is 0. The van der Waals surface area contributed by atoms with Crippen molar-refractivity contribution in [1.82, 2.24) is 0 Å². The first-order chi connectivity index (χ1) is 9.19. The zero-order valence-electron chi connectivity index (χ0n) is 9.28. The number of hydrogen-bond acceptors (Lipinski definition) is 2. The summed E-state index contributed by atoms with van der Waals surface area (Å²) in [4.78, 5) is 0. The minimum Gasteiger partial charge on any atom is -0.281 e. The summed E-state index contributed by atoms with van der Waals surface area (Å²) in [5.41, 5.74) is 0. The molecule has 0 saturated carbocycles. The molecule has 16 heteroatoms.